The summed E-state index contributed by atoms with van der Waals surface area (Å²) in [4.78, 5) is 24.8. The third kappa shape index (κ3) is 4.91. The molecule has 1 fully saturated rings. The van der Waals surface area contributed by atoms with Crippen LogP contribution < -0.4 is 5.73 Å². The summed E-state index contributed by atoms with van der Waals surface area (Å²) in [7, 11) is 0. The van der Waals surface area contributed by atoms with Crippen molar-refractivity contribution in [2.24, 2.45) is 11.1 Å². The predicted molar refractivity (Wildman–Crippen MR) is 65.9 cm³/mol. The monoisotopic (exact) mass is 258 g/mol. The van der Waals surface area contributed by atoms with Gasteiger partial charge in [-0.05, 0) is 11.8 Å². The molecule has 1 heterocycles. The molecule has 0 aromatic carbocycles. The number of morpholine rings is 1. The Balaban J connectivity index is 2.68. The van der Waals surface area contributed by atoms with Gasteiger partial charge in [-0.1, -0.05) is 20.8 Å². The van der Waals surface area contributed by atoms with Crippen LogP contribution in [-0.4, -0.2) is 49.3 Å². The average Bonchev–Trinajstić information content (AvgIpc) is 2.26. The van der Waals surface area contributed by atoms with Crippen LogP contribution in [0.3, 0.4) is 0 Å². The van der Waals surface area contributed by atoms with E-state index in [2.05, 4.69) is 0 Å². The van der Waals surface area contributed by atoms with Crippen LogP contribution in [0.5, 0.6) is 0 Å². The van der Waals surface area contributed by atoms with Gasteiger partial charge in [0.05, 0.1) is 13.2 Å². The first kappa shape index (κ1) is 14.8. The molecule has 0 saturated carbocycles. The molecule has 0 spiro atoms. The number of nitrogens with two attached hydrogens (primary N) is 1. The lowest BCUT2D eigenvalue weighted by atomic mass is 9.88. The van der Waals surface area contributed by atoms with E-state index in [-0.39, 0.29) is 11.3 Å². The third-order valence-corrected chi connectivity index (χ3v) is 2.65. The summed E-state index contributed by atoms with van der Waals surface area (Å²) in [6, 6.07) is 0. The quantitative estimate of drug-likeness (QED) is 0.809. The molecule has 6 heteroatoms. The molecule has 1 unspecified atom stereocenters. The van der Waals surface area contributed by atoms with Gasteiger partial charge in [0.25, 0.3) is 5.91 Å². The van der Waals surface area contributed by atoms with Gasteiger partial charge in [0.15, 0.2) is 6.10 Å². The number of rotatable bonds is 3. The van der Waals surface area contributed by atoms with Crippen LogP contribution >= 0.6 is 0 Å². The summed E-state index contributed by atoms with van der Waals surface area (Å²) in [5.74, 6) is -0.188. The smallest absolute Gasteiger partial charge is 0.405 e. The number of amides is 2. The van der Waals surface area contributed by atoms with E-state index in [4.69, 9.17) is 15.2 Å². The van der Waals surface area contributed by atoms with E-state index >= 15 is 0 Å². The van der Waals surface area contributed by atoms with E-state index in [0.717, 1.165) is 0 Å². The maximum Gasteiger partial charge on any atom is 0.405 e. The van der Waals surface area contributed by atoms with Crippen LogP contribution in [0.4, 0.5) is 4.79 Å². The normalized spacial score (nSPS) is 18.3. The topological polar surface area (TPSA) is 81.9 Å². The maximum atomic E-state index is 12.2. The fourth-order valence-electron chi connectivity index (χ4n) is 1.86. The zero-order chi connectivity index (χ0) is 13.8. The minimum Gasteiger partial charge on any atom is -0.436 e. The molecule has 18 heavy (non-hydrogen) atoms. The lowest BCUT2D eigenvalue weighted by Gasteiger charge is -2.32. The first-order chi connectivity index (χ1) is 8.29. The van der Waals surface area contributed by atoms with E-state index in [1.54, 1.807) is 4.90 Å². The molecular formula is C12H22N2O4. The summed E-state index contributed by atoms with van der Waals surface area (Å²) >= 11 is 0. The molecule has 0 radical (unpaired) electrons. The van der Waals surface area contributed by atoms with Gasteiger partial charge >= 0.3 is 6.09 Å². The lowest BCUT2D eigenvalue weighted by Crippen LogP contribution is -2.48. The summed E-state index contributed by atoms with van der Waals surface area (Å²) < 4.78 is 10.1. The third-order valence-electron chi connectivity index (χ3n) is 2.65. The molecule has 2 amide bonds. The van der Waals surface area contributed by atoms with Crippen molar-refractivity contribution >= 4 is 12.0 Å². The molecule has 0 aromatic heterocycles. The van der Waals surface area contributed by atoms with Crippen molar-refractivity contribution in [3.05, 3.63) is 0 Å². The van der Waals surface area contributed by atoms with E-state index < -0.39 is 12.2 Å². The van der Waals surface area contributed by atoms with Crippen molar-refractivity contribution in [2.75, 3.05) is 26.3 Å². The van der Waals surface area contributed by atoms with Gasteiger partial charge in [-0.2, -0.15) is 0 Å². The maximum absolute atomic E-state index is 12.2. The van der Waals surface area contributed by atoms with Crippen LogP contribution in [0.1, 0.15) is 27.2 Å². The molecule has 0 aliphatic carbocycles. The van der Waals surface area contributed by atoms with Crippen molar-refractivity contribution in [2.45, 2.75) is 33.3 Å². The van der Waals surface area contributed by atoms with Crippen LogP contribution in [0.15, 0.2) is 0 Å². The van der Waals surface area contributed by atoms with Gasteiger partial charge in [-0.25, -0.2) is 4.79 Å². The highest BCUT2D eigenvalue weighted by Crippen LogP contribution is 2.23. The highest BCUT2D eigenvalue weighted by atomic mass is 16.6. The van der Waals surface area contributed by atoms with Crippen molar-refractivity contribution in [1.29, 1.82) is 0 Å². The molecule has 0 bridgehead atoms. The van der Waals surface area contributed by atoms with Crippen LogP contribution in [0.2, 0.25) is 0 Å². The SMILES string of the molecule is CC(C)(C)CC(OC(N)=O)C(=O)N1CCOCC1. The summed E-state index contributed by atoms with van der Waals surface area (Å²) in [5.41, 5.74) is 4.90. The van der Waals surface area contributed by atoms with Crippen molar-refractivity contribution in [3.8, 4) is 0 Å². The van der Waals surface area contributed by atoms with Crippen molar-refractivity contribution < 1.29 is 19.1 Å². The van der Waals surface area contributed by atoms with E-state index in [9.17, 15) is 9.59 Å². The first-order valence-electron chi connectivity index (χ1n) is 6.12. The highest BCUT2D eigenvalue weighted by Gasteiger charge is 2.31. The summed E-state index contributed by atoms with van der Waals surface area (Å²) in [5, 5.41) is 0. The van der Waals surface area contributed by atoms with Crippen LogP contribution in [-0.2, 0) is 14.3 Å². The Morgan fingerprint density at radius 3 is 2.33 bits per heavy atom. The van der Waals surface area contributed by atoms with Crippen LogP contribution in [0.25, 0.3) is 0 Å². The van der Waals surface area contributed by atoms with Gasteiger partial charge in [0.1, 0.15) is 0 Å². The molecule has 0 aromatic rings. The number of ether oxygens (including phenoxy) is 2. The second-order valence-corrected chi connectivity index (χ2v) is 5.63. The van der Waals surface area contributed by atoms with E-state index in [1.807, 2.05) is 20.8 Å². The molecule has 6 nitrogen and oxygen atoms in total. The largest absolute Gasteiger partial charge is 0.436 e. The van der Waals surface area contributed by atoms with Crippen molar-refractivity contribution in [3.63, 3.8) is 0 Å². The second-order valence-electron chi connectivity index (χ2n) is 5.63. The van der Waals surface area contributed by atoms with Gasteiger partial charge in [-0.15, -0.1) is 0 Å². The number of nitrogens with zero attached hydrogens (tertiary/aromatic N) is 1. The van der Waals surface area contributed by atoms with Gasteiger partial charge in [-0.3, -0.25) is 4.79 Å². The molecular weight excluding hydrogens is 236 g/mol. The van der Waals surface area contributed by atoms with Gasteiger partial charge in [0.2, 0.25) is 0 Å². The Kier molecular flexibility index (Phi) is 4.95. The molecule has 1 atom stereocenters. The Hall–Kier alpha value is -1.30. The minimum absolute atomic E-state index is 0.123. The Morgan fingerprint density at radius 2 is 1.89 bits per heavy atom. The Labute approximate surface area is 107 Å². The Bertz CT molecular complexity index is 306. The van der Waals surface area contributed by atoms with Gasteiger partial charge < -0.3 is 20.1 Å². The van der Waals surface area contributed by atoms with Gasteiger partial charge in [0, 0.05) is 13.1 Å². The Morgan fingerprint density at radius 1 is 1.33 bits per heavy atom. The predicted octanol–water partition coefficient (Wildman–Crippen LogP) is 0.745. The zero-order valence-corrected chi connectivity index (χ0v) is 11.3. The summed E-state index contributed by atoms with van der Waals surface area (Å²) in [6.45, 7) is 8.04. The molecule has 1 rings (SSSR count). The lowest BCUT2D eigenvalue weighted by molar-refractivity contribution is -0.145. The number of hydrogen-bond acceptors (Lipinski definition) is 4. The minimum atomic E-state index is -0.911. The zero-order valence-electron chi connectivity index (χ0n) is 11.3. The number of primary amides is 1. The molecule has 2 N–H and O–H groups in total. The van der Waals surface area contributed by atoms with E-state index in [0.29, 0.717) is 32.7 Å². The fraction of sp³-hybridized carbons (Fsp3) is 0.833. The molecule has 1 aliphatic rings. The number of carbonyl (C=O) groups excluding carboxylic acids is 2. The number of hydrogen-bond donors (Lipinski definition) is 1. The first-order valence-corrected chi connectivity index (χ1v) is 6.12. The number of carbonyl (C=O) groups is 2. The average molecular weight is 258 g/mol. The van der Waals surface area contributed by atoms with Crippen molar-refractivity contribution in [1.82, 2.24) is 4.90 Å². The highest BCUT2D eigenvalue weighted by molar-refractivity contribution is 5.83. The second kappa shape index (κ2) is 6.04. The standard InChI is InChI=1S/C12H22N2O4/c1-12(2,3)8-9(18-11(13)16)10(15)14-4-6-17-7-5-14/h9H,4-8H2,1-3H3,(H2,13,16). The fourth-order valence-corrected chi connectivity index (χ4v) is 1.86. The van der Waals surface area contributed by atoms with E-state index in [1.165, 1.54) is 0 Å². The molecule has 1 aliphatic heterocycles. The van der Waals surface area contributed by atoms with Crippen LogP contribution in [0, 0.1) is 5.41 Å². The molecule has 104 valence electrons. The summed E-state index contributed by atoms with van der Waals surface area (Å²) in [6.07, 6.45) is -1.27. The molecule has 1 saturated heterocycles.